The van der Waals surface area contributed by atoms with Crippen LogP contribution in [0.15, 0.2) is 0 Å². The highest BCUT2D eigenvalue weighted by Crippen LogP contribution is 2.23. The van der Waals surface area contributed by atoms with Gasteiger partial charge in [0.25, 0.3) is 0 Å². The fourth-order valence-corrected chi connectivity index (χ4v) is 1.78. The van der Waals surface area contributed by atoms with Crippen LogP contribution in [0.3, 0.4) is 0 Å². The van der Waals surface area contributed by atoms with Crippen molar-refractivity contribution in [3.63, 3.8) is 0 Å². The standard InChI is InChI=1S/C7H13NO4S/c1-7(3-6(9)4-12-7)5-8(2)13(10)11/h3-5H2,1-2H3,(H,10,11)/p-1. The fraction of sp³-hybridized carbons (Fsp3) is 0.857. The molecule has 76 valence electrons. The van der Waals surface area contributed by atoms with Gasteiger partial charge in [0.05, 0.1) is 5.60 Å². The molecule has 6 heteroatoms. The van der Waals surface area contributed by atoms with Crippen LogP contribution in [-0.4, -0.2) is 44.7 Å². The van der Waals surface area contributed by atoms with Gasteiger partial charge in [0.2, 0.25) is 0 Å². The molecule has 0 aromatic heterocycles. The van der Waals surface area contributed by atoms with E-state index >= 15 is 0 Å². The van der Waals surface area contributed by atoms with Crippen molar-refractivity contribution < 1.29 is 18.3 Å². The lowest BCUT2D eigenvalue weighted by atomic mass is 10.0. The van der Waals surface area contributed by atoms with Crippen LogP contribution in [0.1, 0.15) is 13.3 Å². The Morgan fingerprint density at radius 1 is 1.77 bits per heavy atom. The molecular weight excluding hydrogens is 194 g/mol. The van der Waals surface area contributed by atoms with E-state index in [0.717, 1.165) is 4.31 Å². The topological polar surface area (TPSA) is 69.7 Å². The lowest BCUT2D eigenvalue weighted by molar-refractivity contribution is -0.117. The second-order valence-electron chi connectivity index (χ2n) is 3.46. The summed E-state index contributed by atoms with van der Waals surface area (Å²) in [6, 6.07) is 0. The van der Waals surface area contributed by atoms with Gasteiger partial charge in [0.1, 0.15) is 6.61 Å². The number of hydrogen-bond donors (Lipinski definition) is 0. The molecule has 1 saturated heterocycles. The number of likely N-dealkylation sites (N-methyl/N-ethyl adjacent to an activating group) is 1. The smallest absolute Gasteiger partial charge is 0.161 e. The van der Waals surface area contributed by atoms with Gasteiger partial charge in [-0.05, 0) is 14.0 Å². The first-order chi connectivity index (χ1) is 5.93. The fourth-order valence-electron chi connectivity index (χ4n) is 1.40. The zero-order valence-electron chi connectivity index (χ0n) is 7.61. The van der Waals surface area contributed by atoms with Crippen molar-refractivity contribution in [2.45, 2.75) is 18.9 Å². The molecule has 0 aromatic carbocycles. The maximum absolute atomic E-state index is 10.9. The molecule has 0 amide bonds. The van der Waals surface area contributed by atoms with E-state index in [-0.39, 0.29) is 25.4 Å². The molecular formula is C7H12NO4S-. The van der Waals surface area contributed by atoms with Crippen LogP contribution >= 0.6 is 0 Å². The van der Waals surface area contributed by atoms with Crippen molar-refractivity contribution in [1.29, 1.82) is 0 Å². The monoisotopic (exact) mass is 206 g/mol. The third kappa shape index (κ3) is 2.84. The van der Waals surface area contributed by atoms with Gasteiger partial charge in [0, 0.05) is 24.2 Å². The van der Waals surface area contributed by atoms with Crippen LogP contribution in [0, 0.1) is 0 Å². The quantitative estimate of drug-likeness (QED) is 0.581. The first-order valence-corrected chi connectivity index (χ1v) is 4.92. The third-order valence-electron chi connectivity index (χ3n) is 1.96. The summed E-state index contributed by atoms with van der Waals surface area (Å²) in [6.45, 7) is 2.05. The summed E-state index contributed by atoms with van der Waals surface area (Å²) in [6.07, 6.45) is 0.286. The zero-order valence-corrected chi connectivity index (χ0v) is 8.43. The summed E-state index contributed by atoms with van der Waals surface area (Å²) in [5, 5.41) is 0. The summed E-state index contributed by atoms with van der Waals surface area (Å²) in [7, 11) is 1.44. The number of carbonyl (C=O) groups is 1. The Labute approximate surface area is 79.5 Å². The van der Waals surface area contributed by atoms with Crippen molar-refractivity contribution >= 4 is 17.0 Å². The van der Waals surface area contributed by atoms with Gasteiger partial charge in [-0.2, -0.15) is 0 Å². The summed E-state index contributed by atoms with van der Waals surface area (Å²) in [5.74, 6) is 0.0209. The molecule has 0 radical (unpaired) electrons. The van der Waals surface area contributed by atoms with E-state index in [9.17, 15) is 13.6 Å². The second-order valence-corrected chi connectivity index (χ2v) is 4.51. The second kappa shape index (κ2) is 3.83. The highest BCUT2D eigenvalue weighted by molar-refractivity contribution is 7.76. The van der Waals surface area contributed by atoms with E-state index in [4.69, 9.17) is 4.74 Å². The van der Waals surface area contributed by atoms with E-state index in [2.05, 4.69) is 0 Å². The number of nitrogens with zero attached hydrogens (tertiary/aromatic N) is 1. The number of hydrogen-bond acceptors (Lipinski definition) is 4. The Morgan fingerprint density at radius 2 is 2.38 bits per heavy atom. The van der Waals surface area contributed by atoms with Crippen LogP contribution in [0.5, 0.6) is 0 Å². The molecule has 0 N–H and O–H groups in total. The Balaban J connectivity index is 2.53. The molecule has 0 aliphatic carbocycles. The summed E-state index contributed by atoms with van der Waals surface area (Å²) >= 11 is -2.25. The van der Waals surface area contributed by atoms with Gasteiger partial charge in [-0.3, -0.25) is 9.00 Å². The molecule has 0 saturated carbocycles. The molecule has 2 atom stereocenters. The molecule has 1 aliphatic heterocycles. The lowest BCUT2D eigenvalue weighted by Gasteiger charge is -2.29. The molecule has 5 nitrogen and oxygen atoms in total. The average molecular weight is 206 g/mol. The molecule has 0 bridgehead atoms. The maximum Gasteiger partial charge on any atom is 0.161 e. The van der Waals surface area contributed by atoms with E-state index in [1.807, 2.05) is 0 Å². The van der Waals surface area contributed by atoms with E-state index in [1.54, 1.807) is 6.92 Å². The molecule has 0 aromatic rings. The first kappa shape index (κ1) is 10.8. The summed E-state index contributed by atoms with van der Waals surface area (Å²) < 4.78 is 27.3. The number of ether oxygens (including phenoxy) is 1. The van der Waals surface area contributed by atoms with E-state index in [1.165, 1.54) is 7.05 Å². The number of carbonyl (C=O) groups excluding carboxylic acids is 1. The van der Waals surface area contributed by atoms with Crippen molar-refractivity contribution in [2.75, 3.05) is 20.2 Å². The number of Topliss-reactive ketones (excluding diaryl/α,β-unsaturated/α-hetero) is 1. The van der Waals surface area contributed by atoms with Crippen molar-refractivity contribution in [1.82, 2.24) is 4.31 Å². The third-order valence-corrected chi connectivity index (χ3v) is 2.60. The zero-order chi connectivity index (χ0) is 10.1. The highest BCUT2D eigenvalue weighted by Gasteiger charge is 2.36. The molecule has 2 unspecified atom stereocenters. The van der Waals surface area contributed by atoms with Crippen molar-refractivity contribution in [2.24, 2.45) is 0 Å². The lowest BCUT2D eigenvalue weighted by Crippen LogP contribution is -2.39. The predicted molar refractivity (Wildman–Crippen MR) is 45.5 cm³/mol. The van der Waals surface area contributed by atoms with Crippen molar-refractivity contribution in [3.8, 4) is 0 Å². The highest BCUT2D eigenvalue weighted by atomic mass is 32.2. The van der Waals surface area contributed by atoms with E-state index < -0.39 is 16.9 Å². The Morgan fingerprint density at radius 3 is 2.77 bits per heavy atom. The van der Waals surface area contributed by atoms with Crippen LogP contribution in [0.25, 0.3) is 0 Å². The Hall–Kier alpha value is -0.300. The van der Waals surface area contributed by atoms with Gasteiger partial charge in [-0.15, -0.1) is 0 Å². The predicted octanol–water partition coefficient (Wildman–Crippen LogP) is -0.540. The van der Waals surface area contributed by atoms with Gasteiger partial charge in [-0.25, -0.2) is 4.31 Å². The van der Waals surface area contributed by atoms with E-state index in [0.29, 0.717) is 0 Å². The minimum atomic E-state index is -2.25. The summed E-state index contributed by atoms with van der Waals surface area (Å²) in [4.78, 5) is 10.9. The molecule has 0 spiro atoms. The minimum absolute atomic E-state index is 0.0209. The maximum atomic E-state index is 10.9. The first-order valence-electron chi connectivity index (χ1n) is 3.89. The molecule has 13 heavy (non-hydrogen) atoms. The largest absolute Gasteiger partial charge is 0.760 e. The molecule has 1 heterocycles. The SMILES string of the molecule is CN(CC1(C)CC(=O)CO1)S(=O)[O-]. The van der Waals surface area contributed by atoms with Gasteiger partial charge in [0.15, 0.2) is 5.78 Å². The van der Waals surface area contributed by atoms with Crippen LogP contribution in [0.2, 0.25) is 0 Å². The molecule has 1 rings (SSSR count). The number of ketones is 1. The Kier molecular flexibility index (Phi) is 3.18. The van der Waals surface area contributed by atoms with Gasteiger partial charge < -0.3 is 9.29 Å². The van der Waals surface area contributed by atoms with Crippen molar-refractivity contribution in [3.05, 3.63) is 0 Å². The normalized spacial score (nSPS) is 31.2. The minimum Gasteiger partial charge on any atom is -0.760 e. The van der Waals surface area contributed by atoms with Gasteiger partial charge >= 0.3 is 0 Å². The van der Waals surface area contributed by atoms with Crippen LogP contribution in [-0.2, 0) is 20.8 Å². The van der Waals surface area contributed by atoms with Gasteiger partial charge in [-0.1, -0.05) is 0 Å². The Bertz CT molecular complexity index is 245. The average Bonchev–Trinajstić information content (AvgIpc) is 2.30. The van der Waals surface area contributed by atoms with Crippen LogP contribution in [0.4, 0.5) is 0 Å². The summed E-state index contributed by atoms with van der Waals surface area (Å²) in [5.41, 5.74) is -0.647. The number of rotatable bonds is 3. The molecule has 1 aliphatic rings. The van der Waals surface area contributed by atoms with Crippen LogP contribution < -0.4 is 0 Å². The molecule has 1 fully saturated rings.